The molecule has 0 amide bonds. The maximum Gasteiger partial charge on any atom is 0.142 e. The summed E-state index contributed by atoms with van der Waals surface area (Å²) in [5, 5.41) is 3.54. The highest BCUT2D eigenvalue weighted by Crippen LogP contribution is 2.40. The molecule has 0 bridgehead atoms. The molecule has 1 aromatic carbocycles. The number of ether oxygens (including phenoxy) is 1. The summed E-state index contributed by atoms with van der Waals surface area (Å²) in [6.07, 6.45) is 6.07. The van der Waals surface area contributed by atoms with Crippen LogP contribution < -0.4 is 10.1 Å². The van der Waals surface area contributed by atoms with Crippen LogP contribution in [0, 0.1) is 0 Å². The molecule has 0 aliphatic heterocycles. The minimum absolute atomic E-state index is 0.118. The summed E-state index contributed by atoms with van der Waals surface area (Å²) in [6.45, 7) is 2.12. The molecule has 0 saturated heterocycles. The van der Waals surface area contributed by atoms with E-state index in [4.69, 9.17) is 9.72 Å². The Kier molecular flexibility index (Phi) is 3.63. The zero-order valence-corrected chi connectivity index (χ0v) is 14.3. The summed E-state index contributed by atoms with van der Waals surface area (Å²) >= 11 is 0. The van der Waals surface area contributed by atoms with Gasteiger partial charge in [-0.15, -0.1) is 0 Å². The van der Waals surface area contributed by atoms with Crippen molar-refractivity contribution in [3.63, 3.8) is 0 Å². The van der Waals surface area contributed by atoms with Crippen molar-refractivity contribution in [2.24, 2.45) is 7.05 Å². The van der Waals surface area contributed by atoms with Gasteiger partial charge in [0.1, 0.15) is 11.6 Å². The van der Waals surface area contributed by atoms with Crippen LogP contribution in [-0.2, 0) is 7.05 Å². The smallest absolute Gasteiger partial charge is 0.142 e. The van der Waals surface area contributed by atoms with Gasteiger partial charge in [-0.1, -0.05) is 0 Å². The van der Waals surface area contributed by atoms with E-state index in [1.165, 1.54) is 24.2 Å². The summed E-state index contributed by atoms with van der Waals surface area (Å²) in [5.41, 5.74) is 4.40. The summed E-state index contributed by atoms with van der Waals surface area (Å²) in [6, 6.07) is 8.50. The van der Waals surface area contributed by atoms with Gasteiger partial charge in [0.2, 0.25) is 0 Å². The topological polar surface area (TPSA) is 52.0 Å². The lowest BCUT2D eigenvalue weighted by Crippen LogP contribution is -2.08. The molecule has 3 aromatic rings. The fourth-order valence-electron chi connectivity index (χ4n) is 3.26. The van der Waals surface area contributed by atoms with Crippen molar-refractivity contribution < 1.29 is 4.74 Å². The molecule has 1 unspecified atom stereocenters. The van der Waals surface area contributed by atoms with E-state index in [9.17, 15) is 0 Å². The fourth-order valence-corrected chi connectivity index (χ4v) is 3.26. The third-order valence-corrected chi connectivity index (χ3v) is 4.74. The first-order valence-corrected chi connectivity index (χ1v) is 8.38. The van der Waals surface area contributed by atoms with Crippen LogP contribution in [0.15, 0.2) is 36.7 Å². The first-order valence-electron chi connectivity index (χ1n) is 8.38. The number of fused-ring (bicyclic) bond motifs is 1. The Bertz CT molecular complexity index is 882. The normalized spacial score (nSPS) is 15.5. The highest BCUT2D eigenvalue weighted by Gasteiger charge is 2.28. The monoisotopic (exact) mass is 322 g/mol. The molecule has 1 aliphatic rings. The van der Waals surface area contributed by atoms with Crippen LogP contribution in [0.1, 0.15) is 43.1 Å². The van der Waals surface area contributed by atoms with Gasteiger partial charge in [-0.2, -0.15) is 0 Å². The molecule has 4 rings (SSSR count). The van der Waals surface area contributed by atoms with Crippen LogP contribution in [-0.4, -0.2) is 21.6 Å². The molecule has 1 fully saturated rings. The van der Waals surface area contributed by atoms with Crippen LogP contribution in [0.5, 0.6) is 5.75 Å². The Balaban J connectivity index is 1.62. The first-order chi connectivity index (χ1) is 11.7. The van der Waals surface area contributed by atoms with Gasteiger partial charge in [0, 0.05) is 30.4 Å². The summed E-state index contributed by atoms with van der Waals surface area (Å²) in [4.78, 5) is 8.95. The Morgan fingerprint density at radius 1 is 1.29 bits per heavy atom. The van der Waals surface area contributed by atoms with Gasteiger partial charge in [0.25, 0.3) is 0 Å². The van der Waals surface area contributed by atoms with Gasteiger partial charge in [0.15, 0.2) is 0 Å². The summed E-state index contributed by atoms with van der Waals surface area (Å²) < 4.78 is 7.64. The Hall–Kier alpha value is -2.56. The van der Waals surface area contributed by atoms with Crippen molar-refractivity contribution in [1.29, 1.82) is 0 Å². The molecular weight excluding hydrogens is 300 g/mol. The number of anilines is 1. The average molecular weight is 322 g/mol. The van der Waals surface area contributed by atoms with Crippen molar-refractivity contribution >= 4 is 16.7 Å². The Morgan fingerprint density at radius 2 is 2.12 bits per heavy atom. The van der Waals surface area contributed by atoms with Crippen LogP contribution in [0.2, 0.25) is 0 Å². The molecule has 5 nitrogen and oxygen atoms in total. The molecule has 0 radical (unpaired) electrons. The zero-order valence-electron chi connectivity index (χ0n) is 14.3. The van der Waals surface area contributed by atoms with E-state index in [1.807, 2.05) is 6.07 Å². The fraction of sp³-hybridized carbons (Fsp3) is 0.368. The second kappa shape index (κ2) is 5.82. The molecule has 5 heteroatoms. The third-order valence-electron chi connectivity index (χ3n) is 4.74. The first kappa shape index (κ1) is 15.0. The minimum atomic E-state index is 0.118. The van der Waals surface area contributed by atoms with E-state index in [0.29, 0.717) is 5.92 Å². The van der Waals surface area contributed by atoms with Gasteiger partial charge in [-0.25, -0.2) is 4.98 Å². The number of hydrogen-bond donors (Lipinski definition) is 1. The number of aromatic nitrogens is 3. The van der Waals surface area contributed by atoms with Crippen molar-refractivity contribution in [1.82, 2.24) is 14.5 Å². The van der Waals surface area contributed by atoms with E-state index in [0.717, 1.165) is 22.5 Å². The number of nitrogens with zero attached hydrogens (tertiary/aromatic N) is 3. The quantitative estimate of drug-likeness (QED) is 0.770. The molecule has 2 heterocycles. The van der Waals surface area contributed by atoms with Crippen molar-refractivity contribution in [3.8, 4) is 5.75 Å². The molecule has 0 spiro atoms. The number of pyridine rings is 1. The largest absolute Gasteiger partial charge is 0.495 e. The molecule has 124 valence electrons. The van der Waals surface area contributed by atoms with E-state index in [-0.39, 0.29) is 6.04 Å². The van der Waals surface area contributed by atoms with Crippen molar-refractivity contribution in [2.45, 2.75) is 31.7 Å². The lowest BCUT2D eigenvalue weighted by Gasteiger charge is -2.18. The second-order valence-electron chi connectivity index (χ2n) is 6.49. The lowest BCUT2D eigenvalue weighted by molar-refractivity contribution is 0.406. The molecular formula is C19H22N4O. The Labute approximate surface area is 141 Å². The van der Waals surface area contributed by atoms with Crippen LogP contribution in [0.3, 0.4) is 0 Å². The third kappa shape index (κ3) is 2.60. The number of aryl methyl sites for hydroxylation is 1. The Morgan fingerprint density at radius 3 is 2.88 bits per heavy atom. The average Bonchev–Trinajstić information content (AvgIpc) is 3.39. The molecule has 1 saturated carbocycles. The number of benzene rings is 1. The highest BCUT2D eigenvalue weighted by atomic mass is 16.5. The van der Waals surface area contributed by atoms with Crippen LogP contribution in [0.25, 0.3) is 11.0 Å². The predicted molar refractivity (Wildman–Crippen MR) is 95.5 cm³/mol. The summed E-state index contributed by atoms with van der Waals surface area (Å²) in [7, 11) is 3.78. The molecule has 1 aliphatic carbocycles. The molecule has 1 N–H and O–H groups in total. The SMILES string of the molecule is COc1cnccc1C(C)Nc1ccc2c(c1)nc(C1CC1)n2C. The second-order valence-corrected chi connectivity index (χ2v) is 6.49. The lowest BCUT2D eigenvalue weighted by atomic mass is 10.1. The van der Waals surface area contributed by atoms with Gasteiger partial charge < -0.3 is 14.6 Å². The van der Waals surface area contributed by atoms with Crippen molar-refractivity contribution in [3.05, 3.63) is 48.0 Å². The van der Waals surface area contributed by atoms with Crippen LogP contribution in [0.4, 0.5) is 5.69 Å². The molecule has 2 aromatic heterocycles. The number of hydrogen-bond acceptors (Lipinski definition) is 4. The van der Waals surface area contributed by atoms with Gasteiger partial charge in [-0.3, -0.25) is 4.98 Å². The minimum Gasteiger partial charge on any atom is -0.495 e. The zero-order chi connectivity index (χ0) is 16.7. The highest BCUT2D eigenvalue weighted by molar-refractivity contribution is 5.80. The standard InChI is InChI=1S/C19H22N4O/c1-12(15-8-9-20-11-18(15)24-3)21-14-6-7-17-16(10-14)22-19(23(17)2)13-4-5-13/h6-13,21H,4-5H2,1-3H3. The van der Waals surface area contributed by atoms with Crippen LogP contribution >= 0.6 is 0 Å². The van der Waals surface area contributed by atoms with Gasteiger partial charge in [-0.05, 0) is 44.0 Å². The maximum atomic E-state index is 5.41. The number of imidazole rings is 1. The number of methoxy groups -OCH3 is 1. The van der Waals surface area contributed by atoms with E-state index in [1.54, 1.807) is 19.5 Å². The van der Waals surface area contributed by atoms with Gasteiger partial charge in [0.05, 0.1) is 30.4 Å². The number of rotatable bonds is 5. The molecule has 1 atom stereocenters. The summed E-state index contributed by atoms with van der Waals surface area (Å²) in [5.74, 6) is 2.66. The number of nitrogens with one attached hydrogen (secondary N) is 1. The maximum absolute atomic E-state index is 5.41. The molecule has 24 heavy (non-hydrogen) atoms. The van der Waals surface area contributed by atoms with E-state index in [2.05, 4.69) is 47.0 Å². The van der Waals surface area contributed by atoms with Gasteiger partial charge >= 0.3 is 0 Å². The van der Waals surface area contributed by atoms with E-state index >= 15 is 0 Å². The predicted octanol–water partition coefficient (Wildman–Crippen LogP) is 4.03. The van der Waals surface area contributed by atoms with E-state index < -0.39 is 0 Å². The van der Waals surface area contributed by atoms with Crippen molar-refractivity contribution in [2.75, 3.05) is 12.4 Å².